The SMILES string of the molecule is C[C@@H](O)[C@H](N)C(=O)OC[C@H](N)C(=O)O. The molecule has 7 nitrogen and oxygen atoms in total. The van der Waals surface area contributed by atoms with Crippen LogP contribution in [0.4, 0.5) is 0 Å². The highest BCUT2D eigenvalue weighted by Gasteiger charge is 2.22. The van der Waals surface area contributed by atoms with Crippen molar-refractivity contribution in [3.05, 3.63) is 0 Å². The lowest BCUT2D eigenvalue weighted by molar-refractivity contribution is -0.150. The molecular formula is C7H14N2O5. The van der Waals surface area contributed by atoms with Gasteiger partial charge in [-0.1, -0.05) is 0 Å². The molecule has 82 valence electrons. The van der Waals surface area contributed by atoms with Gasteiger partial charge < -0.3 is 26.4 Å². The molecule has 0 fully saturated rings. The molecule has 14 heavy (non-hydrogen) atoms. The molecule has 0 aromatic rings. The number of hydrogen-bond acceptors (Lipinski definition) is 6. The molecule has 6 N–H and O–H groups in total. The van der Waals surface area contributed by atoms with Gasteiger partial charge in [0.2, 0.25) is 0 Å². The number of aliphatic carboxylic acids is 1. The van der Waals surface area contributed by atoms with Crippen molar-refractivity contribution in [3.8, 4) is 0 Å². The molecule has 0 unspecified atom stereocenters. The van der Waals surface area contributed by atoms with E-state index in [1.165, 1.54) is 6.92 Å². The third-order valence-corrected chi connectivity index (χ3v) is 1.51. The van der Waals surface area contributed by atoms with Gasteiger partial charge in [0.05, 0.1) is 6.10 Å². The maximum Gasteiger partial charge on any atom is 0.325 e. The number of aliphatic hydroxyl groups excluding tert-OH is 1. The Labute approximate surface area is 80.6 Å². The first kappa shape index (κ1) is 12.8. The van der Waals surface area contributed by atoms with Crippen molar-refractivity contribution in [1.29, 1.82) is 0 Å². The molecule has 0 amide bonds. The zero-order valence-electron chi connectivity index (χ0n) is 7.71. The Morgan fingerprint density at radius 3 is 2.29 bits per heavy atom. The van der Waals surface area contributed by atoms with Crippen molar-refractivity contribution in [2.45, 2.75) is 25.1 Å². The van der Waals surface area contributed by atoms with Crippen LogP contribution in [0.3, 0.4) is 0 Å². The molecule has 0 radical (unpaired) electrons. The third-order valence-electron chi connectivity index (χ3n) is 1.51. The molecule has 0 aliphatic carbocycles. The Kier molecular flexibility index (Phi) is 5.06. The average Bonchev–Trinajstić information content (AvgIpc) is 2.11. The van der Waals surface area contributed by atoms with Gasteiger partial charge in [0.15, 0.2) is 0 Å². The highest BCUT2D eigenvalue weighted by atomic mass is 16.5. The van der Waals surface area contributed by atoms with Gasteiger partial charge in [-0.25, -0.2) is 0 Å². The predicted octanol–water partition coefficient (Wildman–Crippen LogP) is -2.35. The monoisotopic (exact) mass is 206 g/mol. The number of esters is 1. The summed E-state index contributed by atoms with van der Waals surface area (Å²) in [6.07, 6.45) is -1.05. The van der Waals surface area contributed by atoms with Crippen LogP contribution in [-0.2, 0) is 14.3 Å². The highest BCUT2D eigenvalue weighted by Crippen LogP contribution is 1.93. The van der Waals surface area contributed by atoms with Gasteiger partial charge in [0, 0.05) is 0 Å². The number of hydrogen-bond donors (Lipinski definition) is 4. The van der Waals surface area contributed by atoms with E-state index in [2.05, 4.69) is 4.74 Å². The van der Waals surface area contributed by atoms with E-state index in [-0.39, 0.29) is 0 Å². The Bertz CT molecular complexity index is 218. The Balaban J connectivity index is 3.91. The maximum absolute atomic E-state index is 11.0. The summed E-state index contributed by atoms with van der Waals surface area (Å²) < 4.78 is 4.46. The van der Waals surface area contributed by atoms with Crippen LogP contribution in [0.5, 0.6) is 0 Å². The van der Waals surface area contributed by atoms with Crippen LogP contribution in [0.25, 0.3) is 0 Å². The lowest BCUT2D eigenvalue weighted by Gasteiger charge is -2.14. The first-order chi connectivity index (χ1) is 6.36. The van der Waals surface area contributed by atoms with E-state index in [1.807, 2.05) is 0 Å². The maximum atomic E-state index is 11.0. The minimum absolute atomic E-state index is 0.464. The van der Waals surface area contributed by atoms with Crippen molar-refractivity contribution in [1.82, 2.24) is 0 Å². The molecular weight excluding hydrogens is 192 g/mol. The summed E-state index contributed by atoms with van der Waals surface area (Å²) in [6.45, 7) is 0.859. The van der Waals surface area contributed by atoms with Crippen molar-refractivity contribution in [3.63, 3.8) is 0 Å². The van der Waals surface area contributed by atoms with Crippen molar-refractivity contribution < 1.29 is 24.5 Å². The second-order valence-corrected chi connectivity index (χ2v) is 2.84. The largest absolute Gasteiger partial charge is 0.480 e. The predicted molar refractivity (Wildman–Crippen MR) is 46.2 cm³/mol. The molecule has 0 heterocycles. The van der Waals surface area contributed by atoms with Gasteiger partial charge in [-0.3, -0.25) is 9.59 Å². The zero-order valence-corrected chi connectivity index (χ0v) is 7.71. The first-order valence-corrected chi connectivity index (χ1v) is 3.95. The molecule has 0 saturated carbocycles. The number of carboxylic acids is 1. The number of carbonyl (C=O) groups is 2. The molecule has 0 aliphatic heterocycles. The molecule has 0 aliphatic rings. The minimum atomic E-state index is -1.28. The molecule has 0 rings (SSSR count). The van der Waals surface area contributed by atoms with Crippen LogP contribution in [-0.4, -0.2) is 46.9 Å². The van der Waals surface area contributed by atoms with Crippen molar-refractivity contribution in [2.24, 2.45) is 11.5 Å². The molecule has 0 aromatic heterocycles. The van der Waals surface area contributed by atoms with Gasteiger partial charge in [-0.2, -0.15) is 0 Å². The number of carbonyl (C=O) groups excluding carboxylic acids is 1. The van der Waals surface area contributed by atoms with Crippen LogP contribution >= 0.6 is 0 Å². The quantitative estimate of drug-likeness (QED) is 0.370. The summed E-state index contributed by atoms with van der Waals surface area (Å²) in [4.78, 5) is 21.2. The summed E-state index contributed by atoms with van der Waals surface area (Å²) in [6, 6.07) is -2.46. The average molecular weight is 206 g/mol. The van der Waals surface area contributed by atoms with E-state index in [0.29, 0.717) is 0 Å². The van der Waals surface area contributed by atoms with Gasteiger partial charge in [-0.05, 0) is 6.92 Å². The number of aliphatic hydroxyl groups is 1. The fourth-order valence-corrected chi connectivity index (χ4v) is 0.536. The molecule has 0 aromatic carbocycles. The van der Waals surface area contributed by atoms with Crippen LogP contribution in [0.2, 0.25) is 0 Å². The summed E-state index contributed by atoms with van der Waals surface area (Å²) in [7, 11) is 0. The van der Waals surface area contributed by atoms with E-state index in [0.717, 1.165) is 0 Å². The molecule has 0 saturated heterocycles. The number of rotatable bonds is 5. The first-order valence-electron chi connectivity index (χ1n) is 3.95. The van der Waals surface area contributed by atoms with E-state index < -0.39 is 36.7 Å². The molecule has 0 bridgehead atoms. The van der Waals surface area contributed by atoms with Gasteiger partial charge in [0.25, 0.3) is 0 Å². The van der Waals surface area contributed by atoms with E-state index in [9.17, 15) is 9.59 Å². The minimum Gasteiger partial charge on any atom is -0.480 e. The molecule has 7 heteroatoms. The fraction of sp³-hybridized carbons (Fsp3) is 0.714. The summed E-state index contributed by atoms with van der Waals surface area (Å²) in [5.41, 5.74) is 10.3. The van der Waals surface area contributed by atoms with Gasteiger partial charge in [0.1, 0.15) is 18.7 Å². The number of carboxylic acid groups (broad SMARTS) is 1. The van der Waals surface area contributed by atoms with Gasteiger partial charge >= 0.3 is 11.9 Å². The van der Waals surface area contributed by atoms with Gasteiger partial charge in [-0.15, -0.1) is 0 Å². The number of nitrogens with two attached hydrogens (primary N) is 2. The van der Waals surface area contributed by atoms with Crippen LogP contribution < -0.4 is 11.5 Å². The Hall–Kier alpha value is -1.18. The van der Waals surface area contributed by atoms with Crippen LogP contribution in [0.15, 0.2) is 0 Å². The standard InChI is InChI=1S/C7H14N2O5/c1-3(10)5(9)7(13)14-2-4(8)6(11)12/h3-5,10H,2,8-9H2,1H3,(H,11,12)/t3-,4+,5+/m1/s1. The second-order valence-electron chi connectivity index (χ2n) is 2.84. The molecule has 0 spiro atoms. The normalized spacial score (nSPS) is 16.9. The molecule has 3 atom stereocenters. The summed E-state index contributed by atoms with van der Waals surface area (Å²) >= 11 is 0. The zero-order chi connectivity index (χ0) is 11.3. The Morgan fingerprint density at radius 1 is 1.43 bits per heavy atom. The Morgan fingerprint density at radius 2 is 1.93 bits per heavy atom. The van der Waals surface area contributed by atoms with Crippen LogP contribution in [0, 0.1) is 0 Å². The second kappa shape index (κ2) is 5.53. The fourth-order valence-electron chi connectivity index (χ4n) is 0.536. The summed E-state index contributed by atoms with van der Waals surface area (Å²) in [5, 5.41) is 17.2. The van der Waals surface area contributed by atoms with Crippen molar-refractivity contribution >= 4 is 11.9 Å². The van der Waals surface area contributed by atoms with E-state index in [4.69, 9.17) is 21.7 Å². The van der Waals surface area contributed by atoms with Crippen LogP contribution in [0.1, 0.15) is 6.92 Å². The topological polar surface area (TPSA) is 136 Å². The van der Waals surface area contributed by atoms with Crippen molar-refractivity contribution in [2.75, 3.05) is 6.61 Å². The third kappa shape index (κ3) is 4.17. The summed E-state index contributed by atoms with van der Waals surface area (Å²) in [5.74, 6) is -2.15. The lowest BCUT2D eigenvalue weighted by Crippen LogP contribution is -2.44. The highest BCUT2D eigenvalue weighted by molar-refractivity contribution is 5.77. The van der Waals surface area contributed by atoms with E-state index >= 15 is 0 Å². The van der Waals surface area contributed by atoms with E-state index in [1.54, 1.807) is 0 Å². The number of ether oxygens (including phenoxy) is 1. The smallest absolute Gasteiger partial charge is 0.325 e. The lowest BCUT2D eigenvalue weighted by atomic mass is 10.2.